The Balaban J connectivity index is 2.28. The van der Waals surface area contributed by atoms with Crippen molar-refractivity contribution in [2.45, 2.75) is 175 Å². The van der Waals surface area contributed by atoms with Crippen LogP contribution in [0, 0.1) is 16.7 Å². The summed E-state index contributed by atoms with van der Waals surface area (Å²) in [5, 5.41) is 15.8. The van der Waals surface area contributed by atoms with Gasteiger partial charge in [0.05, 0.1) is 12.1 Å². The van der Waals surface area contributed by atoms with E-state index in [0.717, 1.165) is 44.9 Å². The normalized spacial score (nSPS) is 22.5. The predicted molar refractivity (Wildman–Crippen MR) is 173 cm³/mol. The third-order valence-corrected chi connectivity index (χ3v) is 9.88. The van der Waals surface area contributed by atoms with Gasteiger partial charge < -0.3 is 35.3 Å². The SMILES string of the molecule is CCCCCCCCCCCC(N(C(N)=O)C1(C(CNC(=O)C2OC(C)(C)OCC2(C)C)C(=O)[O-])CCCCC1)C(C)(C)C. The minimum atomic E-state index is -1.28. The molecule has 0 spiro atoms. The van der Waals surface area contributed by atoms with Crippen LogP contribution >= 0.6 is 0 Å². The molecule has 3 unspecified atom stereocenters. The van der Waals surface area contributed by atoms with E-state index in [0.29, 0.717) is 19.4 Å². The summed E-state index contributed by atoms with van der Waals surface area (Å²) >= 11 is 0. The average molecular weight is 623 g/mol. The third kappa shape index (κ3) is 10.6. The van der Waals surface area contributed by atoms with Gasteiger partial charge in [-0.25, -0.2) is 4.79 Å². The number of hydrogen-bond acceptors (Lipinski definition) is 6. The highest BCUT2D eigenvalue weighted by Crippen LogP contribution is 2.45. The van der Waals surface area contributed by atoms with Crippen LogP contribution < -0.4 is 16.2 Å². The van der Waals surface area contributed by atoms with E-state index in [1.165, 1.54) is 38.5 Å². The van der Waals surface area contributed by atoms with Crippen molar-refractivity contribution in [3.8, 4) is 0 Å². The van der Waals surface area contributed by atoms with Gasteiger partial charge in [0.25, 0.3) is 0 Å². The zero-order valence-corrected chi connectivity index (χ0v) is 29.2. The number of carbonyl (C=O) groups excluding carboxylic acids is 3. The molecule has 2 aliphatic rings. The molecule has 9 nitrogen and oxygen atoms in total. The molecule has 44 heavy (non-hydrogen) atoms. The smallest absolute Gasteiger partial charge is 0.315 e. The van der Waals surface area contributed by atoms with Crippen LogP contribution in [0.3, 0.4) is 0 Å². The fraction of sp³-hybridized carbons (Fsp3) is 0.914. The largest absolute Gasteiger partial charge is 0.550 e. The quantitative estimate of drug-likeness (QED) is 0.189. The van der Waals surface area contributed by atoms with Crippen molar-refractivity contribution in [3.05, 3.63) is 0 Å². The second kappa shape index (κ2) is 16.6. The fourth-order valence-corrected chi connectivity index (χ4v) is 7.31. The lowest BCUT2D eigenvalue weighted by atomic mass is 9.68. The Bertz CT molecular complexity index is 922. The highest BCUT2D eigenvalue weighted by atomic mass is 16.7. The van der Waals surface area contributed by atoms with Crippen LogP contribution in [0.15, 0.2) is 0 Å². The number of ether oxygens (including phenoxy) is 2. The number of aliphatic carboxylic acids is 1. The minimum Gasteiger partial charge on any atom is -0.550 e. The summed E-state index contributed by atoms with van der Waals surface area (Å²) in [6.45, 7) is 16.0. The summed E-state index contributed by atoms with van der Waals surface area (Å²) in [5.41, 5.74) is 4.20. The zero-order valence-electron chi connectivity index (χ0n) is 29.2. The van der Waals surface area contributed by atoms with Crippen molar-refractivity contribution in [2.24, 2.45) is 22.5 Å². The summed E-state index contributed by atoms with van der Waals surface area (Å²) in [6.07, 6.45) is 14.2. The molecule has 0 aromatic carbocycles. The molecule has 1 saturated carbocycles. The highest BCUT2D eigenvalue weighted by molar-refractivity contribution is 5.83. The second-order valence-electron chi connectivity index (χ2n) is 15.7. The van der Waals surface area contributed by atoms with Crippen LogP contribution in [0.1, 0.15) is 152 Å². The number of amides is 3. The maximum atomic E-state index is 13.5. The Morgan fingerprint density at radius 3 is 1.98 bits per heavy atom. The number of unbranched alkanes of at least 4 members (excludes halogenated alkanes) is 8. The molecule has 0 aromatic heterocycles. The van der Waals surface area contributed by atoms with Crippen LogP contribution in [-0.4, -0.2) is 59.4 Å². The number of carbonyl (C=O) groups is 3. The molecule has 0 bridgehead atoms. The van der Waals surface area contributed by atoms with Gasteiger partial charge in [0.1, 0.15) is 6.10 Å². The standard InChI is InChI=1S/C35H65N3O6/c1-9-10-11-12-13-14-15-16-18-21-27(32(2,3)4)38(31(36)42)35(22-19-17-20-23-35)26(30(40)41)24-37-29(39)28-33(5,6)25-43-34(7,8)44-28/h26-28H,9-25H2,1-8H3,(H2,36,42)(H,37,39)(H,40,41)/p-1. The molecule has 0 radical (unpaired) electrons. The predicted octanol–water partition coefficient (Wildman–Crippen LogP) is 6.07. The molecule has 3 N–H and O–H groups in total. The Hall–Kier alpha value is -1.87. The average Bonchev–Trinajstić information content (AvgIpc) is 2.92. The number of urea groups is 1. The van der Waals surface area contributed by atoms with E-state index in [9.17, 15) is 19.5 Å². The first-order valence-electron chi connectivity index (χ1n) is 17.4. The molecule has 3 amide bonds. The van der Waals surface area contributed by atoms with Crippen molar-refractivity contribution >= 4 is 17.9 Å². The molecule has 2 rings (SSSR count). The van der Waals surface area contributed by atoms with Gasteiger partial charge in [0.15, 0.2) is 5.79 Å². The summed E-state index contributed by atoms with van der Waals surface area (Å²) in [6, 6.07) is -0.852. The Morgan fingerprint density at radius 1 is 0.932 bits per heavy atom. The topological polar surface area (TPSA) is 134 Å². The van der Waals surface area contributed by atoms with E-state index in [1.807, 2.05) is 13.8 Å². The number of primary amides is 1. The van der Waals surface area contributed by atoms with Crippen LogP contribution in [0.2, 0.25) is 0 Å². The van der Waals surface area contributed by atoms with E-state index in [4.69, 9.17) is 15.2 Å². The van der Waals surface area contributed by atoms with Crippen LogP contribution in [0.5, 0.6) is 0 Å². The molecule has 9 heteroatoms. The maximum Gasteiger partial charge on any atom is 0.315 e. The van der Waals surface area contributed by atoms with E-state index in [1.54, 1.807) is 18.7 Å². The number of carboxylic acids is 1. The van der Waals surface area contributed by atoms with Gasteiger partial charge in [-0.3, -0.25) is 4.79 Å². The highest BCUT2D eigenvalue weighted by Gasteiger charge is 2.52. The number of carboxylic acid groups (broad SMARTS) is 1. The summed E-state index contributed by atoms with van der Waals surface area (Å²) in [5.74, 6) is -3.73. The minimum absolute atomic E-state index is 0.170. The van der Waals surface area contributed by atoms with E-state index >= 15 is 0 Å². The lowest BCUT2D eigenvalue weighted by molar-refractivity contribution is -0.316. The first-order chi connectivity index (χ1) is 20.5. The first kappa shape index (κ1) is 38.3. The van der Waals surface area contributed by atoms with Gasteiger partial charge in [-0.05, 0) is 38.5 Å². The lowest BCUT2D eigenvalue weighted by Gasteiger charge is -2.56. The van der Waals surface area contributed by atoms with Crippen LogP contribution in [0.25, 0.3) is 0 Å². The van der Waals surface area contributed by atoms with Crippen molar-refractivity contribution in [3.63, 3.8) is 0 Å². The molecule has 256 valence electrons. The van der Waals surface area contributed by atoms with Gasteiger partial charge in [-0.2, -0.15) is 0 Å². The molecule has 1 heterocycles. The first-order valence-corrected chi connectivity index (χ1v) is 17.4. The summed E-state index contributed by atoms with van der Waals surface area (Å²) < 4.78 is 11.8. The molecule has 1 aliphatic carbocycles. The van der Waals surface area contributed by atoms with Crippen molar-refractivity contribution in [2.75, 3.05) is 13.2 Å². The molecule has 1 aliphatic heterocycles. The molecular formula is C35H64N3O6-. The maximum absolute atomic E-state index is 13.5. The monoisotopic (exact) mass is 622 g/mol. The number of nitrogens with one attached hydrogen (secondary N) is 1. The number of rotatable bonds is 17. The lowest BCUT2D eigenvalue weighted by Crippen LogP contribution is -2.69. The molecule has 3 atom stereocenters. The van der Waals surface area contributed by atoms with E-state index < -0.39 is 46.7 Å². The molecule has 0 aromatic rings. The Morgan fingerprint density at radius 2 is 1.48 bits per heavy atom. The Kier molecular flexibility index (Phi) is 14.5. The number of hydrogen-bond donors (Lipinski definition) is 2. The molecular weight excluding hydrogens is 558 g/mol. The van der Waals surface area contributed by atoms with Crippen LogP contribution in [0.4, 0.5) is 4.79 Å². The summed E-state index contributed by atoms with van der Waals surface area (Å²) in [7, 11) is 0. The zero-order chi connectivity index (χ0) is 33.2. The second-order valence-corrected chi connectivity index (χ2v) is 15.7. The van der Waals surface area contributed by atoms with Gasteiger partial charge in [0.2, 0.25) is 5.91 Å². The summed E-state index contributed by atoms with van der Waals surface area (Å²) in [4.78, 5) is 41.6. The van der Waals surface area contributed by atoms with Crippen molar-refractivity contribution in [1.82, 2.24) is 10.2 Å². The van der Waals surface area contributed by atoms with Gasteiger partial charge in [0, 0.05) is 29.9 Å². The van der Waals surface area contributed by atoms with Gasteiger partial charge in [-0.1, -0.05) is 119 Å². The van der Waals surface area contributed by atoms with Gasteiger partial charge in [-0.15, -0.1) is 0 Å². The van der Waals surface area contributed by atoms with Crippen molar-refractivity contribution < 1.29 is 29.0 Å². The number of nitrogens with two attached hydrogens (primary N) is 1. The van der Waals surface area contributed by atoms with E-state index in [2.05, 4.69) is 33.0 Å². The van der Waals surface area contributed by atoms with Gasteiger partial charge >= 0.3 is 6.03 Å². The van der Waals surface area contributed by atoms with Crippen molar-refractivity contribution in [1.29, 1.82) is 0 Å². The number of nitrogens with zero attached hydrogens (tertiary/aromatic N) is 1. The Labute approximate surface area is 267 Å². The molecule has 1 saturated heterocycles. The fourth-order valence-electron chi connectivity index (χ4n) is 7.31. The third-order valence-electron chi connectivity index (χ3n) is 9.88. The van der Waals surface area contributed by atoms with Crippen LogP contribution in [-0.2, 0) is 19.1 Å². The molecule has 2 fully saturated rings. The van der Waals surface area contributed by atoms with E-state index in [-0.39, 0.29) is 18.0 Å².